The zero-order valence-electron chi connectivity index (χ0n) is 21.0. The van der Waals surface area contributed by atoms with Crippen LogP contribution in [0.5, 0.6) is 11.5 Å². The molecule has 1 aliphatic heterocycles. The fourth-order valence-corrected chi connectivity index (χ4v) is 3.88. The molecule has 9 nitrogen and oxygen atoms in total. The molecule has 0 bridgehead atoms. The largest absolute Gasteiger partial charge is 0.493 e. The molecule has 0 fully saturated rings. The maximum atomic E-state index is 12.8. The highest BCUT2D eigenvalue weighted by molar-refractivity contribution is 7.85. The molecular weight excluding hydrogens is 470 g/mol. The van der Waals surface area contributed by atoms with Gasteiger partial charge >= 0.3 is 0 Å². The van der Waals surface area contributed by atoms with Gasteiger partial charge in [0.05, 0.1) is 36.1 Å². The summed E-state index contributed by atoms with van der Waals surface area (Å²) in [6.07, 6.45) is 1.69. The van der Waals surface area contributed by atoms with Crippen molar-refractivity contribution in [2.24, 2.45) is 5.10 Å². The van der Waals surface area contributed by atoms with Crippen molar-refractivity contribution in [3.8, 4) is 11.5 Å². The van der Waals surface area contributed by atoms with E-state index in [0.717, 1.165) is 5.56 Å². The van der Waals surface area contributed by atoms with Gasteiger partial charge < -0.3 is 14.4 Å². The molecule has 1 amide bonds. The first kappa shape index (κ1) is 28.0. The topological polar surface area (TPSA) is 109 Å². The van der Waals surface area contributed by atoms with Gasteiger partial charge in [0, 0.05) is 0 Å². The predicted molar refractivity (Wildman–Crippen MR) is 138 cm³/mol. The van der Waals surface area contributed by atoms with Crippen molar-refractivity contribution < 1.29 is 27.2 Å². The fraction of sp³-hybridized carbons (Fsp3) is 0.360. The summed E-state index contributed by atoms with van der Waals surface area (Å²) in [5.41, 5.74) is 2.02. The predicted octanol–water partition coefficient (Wildman–Crippen LogP) is 4.10. The van der Waals surface area contributed by atoms with Gasteiger partial charge in [-0.25, -0.2) is 0 Å². The second-order valence-corrected chi connectivity index (χ2v) is 8.98. The summed E-state index contributed by atoms with van der Waals surface area (Å²) in [5.74, 6) is 0.759. The number of hydrogen-bond donors (Lipinski definition) is 1. The van der Waals surface area contributed by atoms with Gasteiger partial charge in [-0.05, 0) is 74.6 Å². The zero-order valence-corrected chi connectivity index (χ0v) is 21.8. The summed E-state index contributed by atoms with van der Waals surface area (Å²) in [5, 5.41) is 5.43. The van der Waals surface area contributed by atoms with E-state index in [4.69, 9.17) is 14.0 Å². The Morgan fingerprint density at radius 2 is 1.54 bits per heavy atom. The Hall–Kier alpha value is -3.21. The molecule has 0 saturated carbocycles. The quantitative estimate of drug-likeness (QED) is 0.427. The number of hydrazone groups is 1. The Morgan fingerprint density at radius 3 is 2.00 bits per heavy atom. The first-order valence-corrected chi connectivity index (χ1v) is 12.7. The summed E-state index contributed by atoms with van der Waals surface area (Å²) < 4.78 is 41.9. The average Bonchev–Trinajstić information content (AvgIpc) is 3.13. The van der Waals surface area contributed by atoms with Crippen LogP contribution in [-0.2, 0) is 14.9 Å². The van der Waals surface area contributed by atoms with Crippen LogP contribution in [0.1, 0.15) is 33.3 Å². The SMILES string of the molecule is CCN(CC)CC.COc1ccc(C=C2C(=O)N(c3ccc(S(=O)(=O)O)cc3)N=C2C)cc1OC. The highest BCUT2D eigenvalue weighted by Crippen LogP contribution is 2.30. The van der Waals surface area contributed by atoms with Gasteiger partial charge in [0.25, 0.3) is 16.0 Å². The van der Waals surface area contributed by atoms with Crippen LogP contribution in [0.4, 0.5) is 5.69 Å². The van der Waals surface area contributed by atoms with E-state index in [0.29, 0.717) is 28.5 Å². The molecule has 1 heterocycles. The number of amides is 1. The van der Waals surface area contributed by atoms with Crippen LogP contribution in [0.15, 0.2) is 58.0 Å². The normalized spacial score (nSPS) is 14.6. The van der Waals surface area contributed by atoms with Crippen molar-refractivity contribution in [3.05, 3.63) is 53.6 Å². The van der Waals surface area contributed by atoms with Crippen LogP contribution in [0.2, 0.25) is 0 Å². The van der Waals surface area contributed by atoms with E-state index in [2.05, 4.69) is 30.8 Å². The first-order chi connectivity index (χ1) is 16.6. The Bertz CT molecular complexity index is 1180. The van der Waals surface area contributed by atoms with E-state index in [1.54, 1.807) is 38.3 Å². The van der Waals surface area contributed by atoms with Crippen molar-refractivity contribution >= 4 is 33.5 Å². The Balaban J connectivity index is 0.000000540. The minimum atomic E-state index is -4.30. The van der Waals surface area contributed by atoms with Crippen LogP contribution in [0.3, 0.4) is 0 Å². The van der Waals surface area contributed by atoms with E-state index in [1.807, 2.05) is 0 Å². The maximum absolute atomic E-state index is 12.8. The molecule has 0 aromatic heterocycles. The number of carbonyl (C=O) groups excluding carboxylic acids is 1. The highest BCUT2D eigenvalue weighted by Gasteiger charge is 2.29. The van der Waals surface area contributed by atoms with Crippen LogP contribution >= 0.6 is 0 Å². The van der Waals surface area contributed by atoms with Gasteiger partial charge in [0.15, 0.2) is 11.5 Å². The lowest BCUT2D eigenvalue weighted by molar-refractivity contribution is -0.114. The van der Waals surface area contributed by atoms with E-state index in [1.165, 1.54) is 56.0 Å². The van der Waals surface area contributed by atoms with Crippen LogP contribution in [0, 0.1) is 0 Å². The molecule has 0 unspecified atom stereocenters. The first-order valence-electron chi connectivity index (χ1n) is 11.2. The number of ether oxygens (including phenoxy) is 2. The third-order valence-corrected chi connectivity index (χ3v) is 6.37. The summed E-state index contributed by atoms with van der Waals surface area (Å²) in [6.45, 7) is 11.8. The molecule has 3 rings (SSSR count). The lowest BCUT2D eigenvalue weighted by Gasteiger charge is -2.13. The van der Waals surface area contributed by atoms with E-state index in [-0.39, 0.29) is 10.8 Å². The monoisotopic (exact) mass is 503 g/mol. The molecule has 10 heteroatoms. The molecule has 0 radical (unpaired) electrons. The van der Waals surface area contributed by atoms with E-state index >= 15 is 0 Å². The standard InChI is InChI=1S/C19H18N2O6S.C6H15N/c1-12-16(10-13-4-9-17(26-2)18(11-13)27-3)19(22)21(20-12)14-5-7-15(8-6-14)28(23,24)25;1-4-7(5-2)6-3/h4-11H,1-3H3,(H,23,24,25);4-6H2,1-3H3. The molecule has 1 N–H and O–H groups in total. The number of nitrogens with zero attached hydrogens (tertiary/aromatic N) is 3. The van der Waals surface area contributed by atoms with Gasteiger partial charge in [-0.1, -0.05) is 26.8 Å². The number of benzene rings is 2. The van der Waals surface area contributed by atoms with Crippen LogP contribution in [0.25, 0.3) is 6.08 Å². The van der Waals surface area contributed by atoms with Crippen LogP contribution < -0.4 is 14.5 Å². The third kappa shape index (κ3) is 7.14. The number of carbonyl (C=O) groups is 1. The minimum absolute atomic E-state index is 0.260. The lowest BCUT2D eigenvalue weighted by atomic mass is 10.1. The van der Waals surface area contributed by atoms with Crippen molar-refractivity contribution in [1.82, 2.24) is 4.90 Å². The molecule has 0 saturated heterocycles. The highest BCUT2D eigenvalue weighted by atomic mass is 32.2. The molecule has 2 aromatic rings. The second kappa shape index (κ2) is 12.5. The van der Waals surface area contributed by atoms with Crippen molar-refractivity contribution in [3.63, 3.8) is 0 Å². The van der Waals surface area contributed by atoms with Crippen molar-refractivity contribution in [2.45, 2.75) is 32.6 Å². The molecule has 35 heavy (non-hydrogen) atoms. The number of methoxy groups -OCH3 is 2. The van der Waals surface area contributed by atoms with Crippen molar-refractivity contribution in [1.29, 1.82) is 0 Å². The number of anilines is 1. The molecule has 0 spiro atoms. The fourth-order valence-electron chi connectivity index (χ4n) is 3.40. The average molecular weight is 504 g/mol. The van der Waals surface area contributed by atoms with Gasteiger partial charge in [-0.3, -0.25) is 9.35 Å². The zero-order chi connectivity index (χ0) is 26.2. The Labute approximate surface area is 207 Å². The summed E-state index contributed by atoms with van der Waals surface area (Å²) >= 11 is 0. The lowest BCUT2D eigenvalue weighted by Crippen LogP contribution is -2.21. The molecule has 1 aliphatic rings. The third-order valence-electron chi connectivity index (χ3n) is 5.50. The van der Waals surface area contributed by atoms with Crippen molar-refractivity contribution in [2.75, 3.05) is 38.9 Å². The molecule has 0 atom stereocenters. The summed E-state index contributed by atoms with van der Waals surface area (Å²) in [4.78, 5) is 14.9. The molecule has 0 aliphatic carbocycles. The number of rotatable bonds is 8. The Morgan fingerprint density at radius 1 is 0.971 bits per heavy atom. The molecule has 2 aromatic carbocycles. The van der Waals surface area contributed by atoms with Gasteiger partial charge in [0.2, 0.25) is 0 Å². The maximum Gasteiger partial charge on any atom is 0.294 e. The number of hydrogen-bond acceptors (Lipinski definition) is 7. The van der Waals surface area contributed by atoms with E-state index in [9.17, 15) is 13.2 Å². The minimum Gasteiger partial charge on any atom is -0.493 e. The second-order valence-electron chi connectivity index (χ2n) is 7.56. The van der Waals surface area contributed by atoms with Crippen LogP contribution in [-0.4, -0.2) is 63.3 Å². The smallest absolute Gasteiger partial charge is 0.294 e. The van der Waals surface area contributed by atoms with Gasteiger partial charge in [-0.15, -0.1) is 0 Å². The molecular formula is C25H33N3O6S. The summed E-state index contributed by atoms with van der Waals surface area (Å²) in [7, 11) is -1.24. The van der Waals surface area contributed by atoms with Gasteiger partial charge in [0.1, 0.15) is 0 Å². The Kier molecular flexibility index (Phi) is 10.00. The summed E-state index contributed by atoms with van der Waals surface area (Å²) in [6, 6.07) is 10.5. The van der Waals surface area contributed by atoms with E-state index < -0.39 is 10.1 Å². The van der Waals surface area contributed by atoms with Gasteiger partial charge in [-0.2, -0.15) is 18.5 Å². The molecule has 190 valence electrons.